The van der Waals surface area contributed by atoms with Crippen molar-refractivity contribution in [2.75, 3.05) is 6.54 Å². The Balaban J connectivity index is 1.67. The van der Waals surface area contributed by atoms with Crippen LogP contribution in [-0.2, 0) is 34.5 Å². The largest absolute Gasteiger partial charge is 0.335 e. The minimum absolute atomic E-state index is 0.0324. The summed E-state index contributed by atoms with van der Waals surface area (Å²) in [5.74, 6) is 0.0952. The first-order valence-corrected chi connectivity index (χ1v) is 10.5. The average Bonchev–Trinajstić information content (AvgIpc) is 3.17. The van der Waals surface area contributed by atoms with Crippen molar-refractivity contribution in [1.29, 1.82) is 0 Å². The van der Waals surface area contributed by atoms with Gasteiger partial charge in [-0.15, -0.1) is 11.3 Å². The molecular weight excluding hydrogens is 360 g/mol. The molecule has 0 radical (unpaired) electrons. The van der Waals surface area contributed by atoms with Crippen molar-refractivity contribution in [2.24, 2.45) is 5.92 Å². The van der Waals surface area contributed by atoms with E-state index in [1.807, 2.05) is 41.8 Å². The van der Waals surface area contributed by atoms with E-state index in [4.69, 9.17) is 0 Å². The number of carbonyl (C=O) groups excluding carboxylic acids is 1. The van der Waals surface area contributed by atoms with Crippen LogP contribution in [-0.4, -0.2) is 35.6 Å². The molecule has 3 heterocycles. The van der Waals surface area contributed by atoms with Crippen molar-refractivity contribution >= 4 is 27.3 Å². The second-order valence-electron chi connectivity index (χ2n) is 6.53. The van der Waals surface area contributed by atoms with Crippen LogP contribution in [0.25, 0.3) is 0 Å². The lowest BCUT2D eigenvalue weighted by molar-refractivity contribution is -0.136. The summed E-state index contributed by atoms with van der Waals surface area (Å²) < 4.78 is 29.3. The van der Waals surface area contributed by atoms with Gasteiger partial charge in [0, 0.05) is 12.5 Å². The second kappa shape index (κ2) is 6.89. The van der Waals surface area contributed by atoms with E-state index in [1.54, 1.807) is 6.07 Å². The third kappa shape index (κ3) is 3.94. The Bertz CT molecular complexity index is 883. The van der Waals surface area contributed by atoms with E-state index in [0.29, 0.717) is 29.5 Å². The average molecular weight is 383 g/mol. The van der Waals surface area contributed by atoms with E-state index in [0.717, 1.165) is 11.3 Å². The molecule has 0 spiro atoms. The molecule has 0 aliphatic carbocycles. The van der Waals surface area contributed by atoms with Crippen LogP contribution in [0.4, 0.5) is 0 Å². The van der Waals surface area contributed by atoms with Gasteiger partial charge in [-0.25, -0.2) is 13.1 Å². The number of nitrogens with zero attached hydrogens (tertiary/aromatic N) is 3. The fourth-order valence-electron chi connectivity index (χ4n) is 2.75. The van der Waals surface area contributed by atoms with Crippen molar-refractivity contribution in [3.63, 3.8) is 0 Å². The van der Waals surface area contributed by atoms with E-state index in [1.165, 1.54) is 11.3 Å². The number of thiophene rings is 1. The van der Waals surface area contributed by atoms with E-state index in [2.05, 4.69) is 9.82 Å². The van der Waals surface area contributed by atoms with Gasteiger partial charge in [-0.2, -0.15) is 5.10 Å². The van der Waals surface area contributed by atoms with Crippen LogP contribution in [0.1, 0.15) is 30.8 Å². The minimum Gasteiger partial charge on any atom is -0.335 e. The molecule has 0 aromatic carbocycles. The molecule has 0 saturated heterocycles. The predicted octanol–water partition coefficient (Wildman–Crippen LogP) is 1.73. The van der Waals surface area contributed by atoms with Crippen molar-refractivity contribution in [3.8, 4) is 0 Å². The van der Waals surface area contributed by atoms with E-state index >= 15 is 0 Å². The van der Waals surface area contributed by atoms with Crippen LogP contribution in [0.15, 0.2) is 21.7 Å². The highest BCUT2D eigenvalue weighted by Gasteiger charge is 2.24. The Hall–Kier alpha value is -1.71. The SMILES string of the molecule is Cc1csc(S(=O)(=O)NCc2cc3n(n2)CCN(C(=O)C(C)C)C3)c1. The van der Waals surface area contributed by atoms with Gasteiger partial charge in [-0.1, -0.05) is 13.8 Å². The summed E-state index contributed by atoms with van der Waals surface area (Å²) in [6.45, 7) is 7.55. The topological polar surface area (TPSA) is 84.3 Å². The van der Waals surface area contributed by atoms with Crippen molar-refractivity contribution in [2.45, 2.75) is 44.6 Å². The summed E-state index contributed by atoms with van der Waals surface area (Å²) in [6, 6.07) is 3.52. The first-order chi connectivity index (χ1) is 11.8. The molecule has 3 rings (SSSR count). The number of sulfonamides is 1. The van der Waals surface area contributed by atoms with Gasteiger partial charge in [0.15, 0.2) is 0 Å². The molecule has 0 saturated carbocycles. The normalized spacial score (nSPS) is 14.8. The predicted molar refractivity (Wildman–Crippen MR) is 95.6 cm³/mol. The molecule has 2 aromatic heterocycles. The molecule has 1 amide bonds. The van der Waals surface area contributed by atoms with Crippen LogP contribution in [0.3, 0.4) is 0 Å². The lowest BCUT2D eigenvalue weighted by atomic mass is 10.1. The zero-order valence-electron chi connectivity index (χ0n) is 14.5. The molecule has 7 nitrogen and oxygen atoms in total. The summed E-state index contributed by atoms with van der Waals surface area (Å²) in [5, 5.41) is 6.26. The summed E-state index contributed by atoms with van der Waals surface area (Å²) in [5.41, 5.74) is 2.52. The Morgan fingerprint density at radius 2 is 2.12 bits per heavy atom. The lowest BCUT2D eigenvalue weighted by Gasteiger charge is -2.29. The number of hydrogen-bond acceptors (Lipinski definition) is 5. The van der Waals surface area contributed by atoms with E-state index < -0.39 is 10.0 Å². The highest BCUT2D eigenvalue weighted by atomic mass is 32.2. The number of nitrogens with one attached hydrogen (secondary N) is 1. The molecule has 0 unspecified atom stereocenters. The zero-order chi connectivity index (χ0) is 18.2. The molecular formula is C16H22N4O3S2. The zero-order valence-corrected chi connectivity index (χ0v) is 16.2. The van der Waals surface area contributed by atoms with Gasteiger partial charge in [0.1, 0.15) is 4.21 Å². The van der Waals surface area contributed by atoms with Crippen molar-refractivity contribution in [1.82, 2.24) is 19.4 Å². The van der Waals surface area contributed by atoms with Crippen LogP contribution in [0.5, 0.6) is 0 Å². The number of carbonyl (C=O) groups is 1. The van der Waals surface area contributed by atoms with Gasteiger partial charge in [0.05, 0.1) is 31.0 Å². The molecule has 25 heavy (non-hydrogen) atoms. The first-order valence-electron chi connectivity index (χ1n) is 8.15. The third-order valence-electron chi connectivity index (χ3n) is 4.07. The Kier molecular flexibility index (Phi) is 4.99. The number of aryl methyl sites for hydroxylation is 1. The third-order valence-corrected chi connectivity index (χ3v) is 7.03. The van der Waals surface area contributed by atoms with Crippen molar-refractivity contribution < 1.29 is 13.2 Å². The summed E-state index contributed by atoms with van der Waals surface area (Å²) >= 11 is 1.20. The van der Waals surface area contributed by atoms with Crippen LogP contribution in [0.2, 0.25) is 0 Å². The molecule has 1 aliphatic rings. The van der Waals surface area contributed by atoms with Gasteiger partial charge in [-0.05, 0) is 30.0 Å². The van der Waals surface area contributed by atoms with Crippen molar-refractivity contribution in [3.05, 3.63) is 34.5 Å². The molecule has 0 atom stereocenters. The molecule has 136 valence electrons. The van der Waals surface area contributed by atoms with Crippen LogP contribution in [0, 0.1) is 12.8 Å². The number of fused-ring (bicyclic) bond motifs is 1. The van der Waals surface area contributed by atoms with Gasteiger partial charge >= 0.3 is 0 Å². The highest BCUT2D eigenvalue weighted by molar-refractivity contribution is 7.91. The van der Waals surface area contributed by atoms with Crippen LogP contribution < -0.4 is 4.72 Å². The molecule has 2 aromatic rings. The minimum atomic E-state index is -3.52. The molecule has 1 aliphatic heterocycles. The maximum absolute atomic E-state index is 12.3. The summed E-state index contributed by atoms with van der Waals surface area (Å²) in [6.07, 6.45) is 0. The number of aromatic nitrogens is 2. The van der Waals surface area contributed by atoms with E-state index in [9.17, 15) is 13.2 Å². The Morgan fingerprint density at radius 1 is 1.36 bits per heavy atom. The van der Waals surface area contributed by atoms with Gasteiger partial charge < -0.3 is 4.90 Å². The first kappa shape index (κ1) is 18.1. The standard InChI is InChI=1S/C16H22N4O3S2/c1-11(2)16(21)19-4-5-20-14(9-19)7-13(18-20)8-17-25(22,23)15-6-12(3)10-24-15/h6-7,10-11,17H,4-5,8-9H2,1-3H3. The van der Waals surface area contributed by atoms with Gasteiger partial charge in [-0.3, -0.25) is 9.48 Å². The fourth-order valence-corrected chi connectivity index (χ4v) is 5.02. The van der Waals surface area contributed by atoms with E-state index in [-0.39, 0.29) is 18.4 Å². The van der Waals surface area contributed by atoms with Gasteiger partial charge in [0.2, 0.25) is 15.9 Å². The fraction of sp³-hybridized carbons (Fsp3) is 0.500. The lowest BCUT2D eigenvalue weighted by Crippen LogP contribution is -2.40. The number of rotatable bonds is 5. The highest BCUT2D eigenvalue weighted by Crippen LogP contribution is 2.20. The summed E-state index contributed by atoms with van der Waals surface area (Å²) in [7, 11) is -3.52. The van der Waals surface area contributed by atoms with Gasteiger partial charge in [0.25, 0.3) is 0 Å². The second-order valence-corrected chi connectivity index (χ2v) is 9.44. The van der Waals surface area contributed by atoms with Crippen LogP contribution >= 0.6 is 11.3 Å². The Morgan fingerprint density at radius 3 is 2.76 bits per heavy atom. The molecule has 0 bridgehead atoms. The molecule has 1 N–H and O–H groups in total. The smallest absolute Gasteiger partial charge is 0.250 e. The molecule has 9 heteroatoms. The number of hydrogen-bond donors (Lipinski definition) is 1. The Labute approximate surface area is 151 Å². The quantitative estimate of drug-likeness (QED) is 0.853. The molecule has 0 fully saturated rings. The maximum Gasteiger partial charge on any atom is 0.250 e. The number of amides is 1. The monoisotopic (exact) mass is 382 g/mol. The summed E-state index contributed by atoms with van der Waals surface area (Å²) in [4.78, 5) is 14.0. The maximum atomic E-state index is 12.3.